The second-order valence-electron chi connectivity index (χ2n) is 7.69. The van der Waals surface area contributed by atoms with Crippen molar-refractivity contribution >= 4 is 29.9 Å². The highest BCUT2D eigenvalue weighted by atomic mass is 127. The first-order chi connectivity index (χ1) is 14.6. The van der Waals surface area contributed by atoms with Crippen LogP contribution in [0.15, 0.2) is 47.5 Å². The summed E-state index contributed by atoms with van der Waals surface area (Å²) in [7, 11) is 5.86. The molecule has 3 rings (SSSR count). The number of benzene rings is 2. The van der Waals surface area contributed by atoms with Gasteiger partial charge < -0.3 is 25.0 Å². The predicted molar refractivity (Wildman–Crippen MR) is 138 cm³/mol. The maximum absolute atomic E-state index is 5.60. The zero-order valence-electron chi connectivity index (χ0n) is 19.0. The van der Waals surface area contributed by atoms with Crippen LogP contribution < -0.4 is 20.1 Å². The molecule has 0 saturated heterocycles. The molecule has 1 atom stereocenters. The Morgan fingerprint density at radius 3 is 2.77 bits per heavy atom. The van der Waals surface area contributed by atoms with Crippen LogP contribution in [0, 0.1) is 0 Å². The summed E-state index contributed by atoms with van der Waals surface area (Å²) in [6, 6.07) is 14.9. The van der Waals surface area contributed by atoms with Crippen LogP contribution in [0.2, 0.25) is 0 Å². The molecule has 0 fully saturated rings. The molecule has 31 heavy (non-hydrogen) atoms. The standard InChI is InChI=1S/C24H34N4O2.HI/c1-5-25-24(26-13-11-18-9-10-23-20(15-18)12-14-30-23)27-17-22(28(2)3)19-7-6-8-21(16-19)29-4;/h6-10,15-16,22H,5,11-14,17H2,1-4H3,(H2,25,26,27);1H. The van der Waals surface area contributed by atoms with Crippen molar-refractivity contribution in [2.24, 2.45) is 4.99 Å². The number of hydrogen-bond donors (Lipinski definition) is 2. The Hall–Kier alpha value is -2.00. The second kappa shape index (κ2) is 12.8. The number of nitrogens with zero attached hydrogens (tertiary/aromatic N) is 2. The van der Waals surface area contributed by atoms with Gasteiger partial charge in [0.25, 0.3) is 0 Å². The Bertz CT molecular complexity index is 857. The maximum atomic E-state index is 5.60. The SMILES string of the molecule is CCNC(=NCC(c1cccc(OC)c1)N(C)C)NCCc1ccc2c(c1)CCO2.I. The molecule has 2 N–H and O–H groups in total. The molecule has 1 heterocycles. The van der Waals surface area contributed by atoms with Gasteiger partial charge in [-0.25, -0.2) is 0 Å². The van der Waals surface area contributed by atoms with Gasteiger partial charge in [-0.15, -0.1) is 24.0 Å². The van der Waals surface area contributed by atoms with E-state index in [1.807, 2.05) is 12.1 Å². The fourth-order valence-corrected chi connectivity index (χ4v) is 3.66. The first kappa shape index (κ1) is 25.3. The lowest BCUT2D eigenvalue weighted by atomic mass is 10.1. The number of fused-ring (bicyclic) bond motifs is 1. The van der Waals surface area contributed by atoms with Crippen LogP contribution in [0.3, 0.4) is 0 Å². The third-order valence-corrected chi connectivity index (χ3v) is 5.33. The predicted octanol–water partition coefficient (Wildman–Crippen LogP) is 3.65. The Labute approximate surface area is 203 Å². The minimum absolute atomic E-state index is 0. The van der Waals surface area contributed by atoms with Crippen molar-refractivity contribution < 1.29 is 9.47 Å². The van der Waals surface area contributed by atoms with E-state index in [0.717, 1.165) is 50.0 Å². The van der Waals surface area contributed by atoms with Crippen molar-refractivity contribution in [1.82, 2.24) is 15.5 Å². The molecule has 0 aliphatic carbocycles. The summed E-state index contributed by atoms with van der Waals surface area (Å²) in [5.41, 5.74) is 3.84. The molecule has 0 spiro atoms. The number of ether oxygens (including phenoxy) is 2. The van der Waals surface area contributed by atoms with Gasteiger partial charge in [0.05, 0.1) is 26.3 Å². The van der Waals surface area contributed by atoms with Crippen LogP contribution >= 0.6 is 24.0 Å². The number of nitrogens with one attached hydrogen (secondary N) is 2. The summed E-state index contributed by atoms with van der Waals surface area (Å²) in [5.74, 6) is 2.75. The number of likely N-dealkylation sites (N-methyl/N-ethyl adjacent to an activating group) is 1. The Kier molecular flexibility index (Phi) is 10.4. The highest BCUT2D eigenvalue weighted by molar-refractivity contribution is 14.0. The molecule has 1 aliphatic heterocycles. The van der Waals surface area contributed by atoms with E-state index in [0.29, 0.717) is 6.54 Å². The lowest BCUT2D eigenvalue weighted by Gasteiger charge is -2.24. The molecule has 1 aliphatic rings. The van der Waals surface area contributed by atoms with E-state index >= 15 is 0 Å². The molecule has 1 unspecified atom stereocenters. The lowest BCUT2D eigenvalue weighted by molar-refractivity contribution is 0.305. The first-order valence-corrected chi connectivity index (χ1v) is 10.7. The first-order valence-electron chi connectivity index (χ1n) is 10.7. The van der Waals surface area contributed by atoms with Crippen molar-refractivity contribution in [2.45, 2.75) is 25.8 Å². The molecule has 0 radical (unpaired) electrons. The molecule has 7 heteroatoms. The van der Waals surface area contributed by atoms with Crippen LogP contribution in [0.4, 0.5) is 0 Å². The number of hydrogen-bond acceptors (Lipinski definition) is 4. The largest absolute Gasteiger partial charge is 0.497 e. The van der Waals surface area contributed by atoms with Gasteiger partial charge in [-0.1, -0.05) is 24.3 Å². The van der Waals surface area contributed by atoms with Gasteiger partial charge in [-0.3, -0.25) is 4.99 Å². The van der Waals surface area contributed by atoms with Gasteiger partial charge >= 0.3 is 0 Å². The molecule has 0 bridgehead atoms. The highest BCUT2D eigenvalue weighted by Gasteiger charge is 2.15. The molecule has 6 nitrogen and oxygen atoms in total. The molecule has 2 aromatic carbocycles. The summed E-state index contributed by atoms with van der Waals surface area (Å²) < 4.78 is 11.0. The molecular formula is C24H35IN4O2. The highest BCUT2D eigenvalue weighted by Crippen LogP contribution is 2.26. The van der Waals surface area contributed by atoms with E-state index in [2.05, 4.69) is 66.9 Å². The van der Waals surface area contributed by atoms with Crippen LogP contribution in [-0.4, -0.2) is 58.3 Å². The Balaban J connectivity index is 0.00000341. The molecule has 0 saturated carbocycles. The van der Waals surface area contributed by atoms with E-state index < -0.39 is 0 Å². The zero-order valence-corrected chi connectivity index (χ0v) is 21.3. The van der Waals surface area contributed by atoms with Gasteiger partial charge in [0.2, 0.25) is 0 Å². The summed E-state index contributed by atoms with van der Waals surface area (Å²) in [6.45, 7) is 5.20. The van der Waals surface area contributed by atoms with Crippen molar-refractivity contribution in [2.75, 3.05) is 47.4 Å². The normalized spacial score (nSPS) is 13.8. The molecular weight excluding hydrogens is 503 g/mol. The molecule has 2 aromatic rings. The van der Waals surface area contributed by atoms with E-state index in [1.165, 1.54) is 16.7 Å². The van der Waals surface area contributed by atoms with E-state index in [1.54, 1.807) is 7.11 Å². The maximum Gasteiger partial charge on any atom is 0.191 e. The lowest BCUT2D eigenvalue weighted by Crippen LogP contribution is -2.39. The minimum Gasteiger partial charge on any atom is -0.497 e. The van der Waals surface area contributed by atoms with E-state index in [4.69, 9.17) is 14.5 Å². The van der Waals surface area contributed by atoms with Crippen LogP contribution in [0.1, 0.15) is 29.7 Å². The van der Waals surface area contributed by atoms with Crippen molar-refractivity contribution in [3.63, 3.8) is 0 Å². The third-order valence-electron chi connectivity index (χ3n) is 5.33. The summed E-state index contributed by atoms with van der Waals surface area (Å²) in [6.07, 6.45) is 1.96. The summed E-state index contributed by atoms with van der Waals surface area (Å²) in [4.78, 5) is 7.04. The van der Waals surface area contributed by atoms with Gasteiger partial charge in [-0.05, 0) is 62.3 Å². The quantitative estimate of drug-likeness (QED) is 0.290. The smallest absolute Gasteiger partial charge is 0.191 e. The van der Waals surface area contributed by atoms with Gasteiger partial charge in [0.1, 0.15) is 11.5 Å². The number of halogens is 1. The molecule has 0 amide bonds. The monoisotopic (exact) mass is 538 g/mol. The third kappa shape index (κ3) is 7.28. The summed E-state index contributed by atoms with van der Waals surface area (Å²) in [5, 5.41) is 6.82. The van der Waals surface area contributed by atoms with E-state index in [9.17, 15) is 0 Å². The number of aliphatic imine (C=N–C) groups is 1. The van der Waals surface area contributed by atoms with Crippen LogP contribution in [-0.2, 0) is 12.8 Å². The topological polar surface area (TPSA) is 58.1 Å². The minimum atomic E-state index is 0. The molecule has 0 aromatic heterocycles. The van der Waals surface area contributed by atoms with Crippen LogP contribution in [0.5, 0.6) is 11.5 Å². The molecule has 170 valence electrons. The Morgan fingerprint density at radius 2 is 2.03 bits per heavy atom. The van der Waals surface area contributed by atoms with Gasteiger partial charge in [0.15, 0.2) is 5.96 Å². The van der Waals surface area contributed by atoms with Crippen molar-refractivity contribution in [1.29, 1.82) is 0 Å². The number of rotatable bonds is 9. The zero-order chi connectivity index (χ0) is 21.3. The average molecular weight is 538 g/mol. The fraction of sp³-hybridized carbons (Fsp3) is 0.458. The Morgan fingerprint density at radius 1 is 1.19 bits per heavy atom. The average Bonchev–Trinajstić information content (AvgIpc) is 3.21. The van der Waals surface area contributed by atoms with E-state index in [-0.39, 0.29) is 30.0 Å². The van der Waals surface area contributed by atoms with Gasteiger partial charge in [0, 0.05) is 19.5 Å². The van der Waals surface area contributed by atoms with Crippen molar-refractivity contribution in [3.8, 4) is 11.5 Å². The fourth-order valence-electron chi connectivity index (χ4n) is 3.66. The van der Waals surface area contributed by atoms with Crippen LogP contribution in [0.25, 0.3) is 0 Å². The number of guanidine groups is 1. The number of methoxy groups -OCH3 is 1. The van der Waals surface area contributed by atoms with Gasteiger partial charge in [-0.2, -0.15) is 0 Å². The van der Waals surface area contributed by atoms with Crippen molar-refractivity contribution in [3.05, 3.63) is 59.2 Å². The second-order valence-corrected chi connectivity index (χ2v) is 7.69. The summed E-state index contributed by atoms with van der Waals surface area (Å²) >= 11 is 0.